The number of nitrogens with one attached hydrogen (secondary N) is 4. The lowest BCUT2D eigenvalue weighted by Crippen LogP contribution is -2.27. The van der Waals surface area contributed by atoms with Crippen molar-refractivity contribution in [3.05, 3.63) is 58.5 Å². The normalized spacial score (nSPS) is 11.3. The maximum Gasteiger partial charge on any atom is 0.323 e. The second kappa shape index (κ2) is 6.51. The number of hydrogen-bond donors (Lipinski definition) is 4. The molecular formula is C19H20N4O3. The predicted octanol–water partition coefficient (Wildman–Crippen LogP) is 3.09. The van der Waals surface area contributed by atoms with Gasteiger partial charge in [-0.15, -0.1) is 0 Å². The standard InChI is InChI=1S/C19H20N4O3/c1-19(2,3)17(25)21-12-6-4-5-11(9-12)16(24)20-13-7-8-14-15(10-13)23-18(26)22-14/h4-10H,1-3H3,(H,20,24)(H,21,25)(H2,22,23,26). The van der Waals surface area contributed by atoms with Gasteiger partial charge in [0, 0.05) is 22.4 Å². The summed E-state index contributed by atoms with van der Waals surface area (Å²) in [6, 6.07) is 11.8. The highest BCUT2D eigenvalue weighted by atomic mass is 16.2. The molecule has 0 atom stereocenters. The molecule has 0 saturated heterocycles. The van der Waals surface area contributed by atoms with Crippen LogP contribution >= 0.6 is 0 Å². The number of anilines is 2. The summed E-state index contributed by atoms with van der Waals surface area (Å²) in [6.07, 6.45) is 0. The Morgan fingerprint density at radius 1 is 0.885 bits per heavy atom. The maximum absolute atomic E-state index is 12.5. The Balaban J connectivity index is 1.77. The average molecular weight is 352 g/mol. The van der Waals surface area contributed by atoms with Crippen LogP contribution in [0.4, 0.5) is 11.4 Å². The van der Waals surface area contributed by atoms with E-state index in [2.05, 4.69) is 20.6 Å². The van der Waals surface area contributed by atoms with E-state index in [1.54, 1.807) is 42.5 Å². The smallest absolute Gasteiger partial charge is 0.323 e. The summed E-state index contributed by atoms with van der Waals surface area (Å²) in [4.78, 5) is 41.2. The monoisotopic (exact) mass is 352 g/mol. The van der Waals surface area contributed by atoms with Gasteiger partial charge in [-0.05, 0) is 36.4 Å². The number of hydrogen-bond acceptors (Lipinski definition) is 3. The number of aromatic nitrogens is 2. The molecule has 7 nitrogen and oxygen atoms in total. The molecule has 3 rings (SSSR count). The van der Waals surface area contributed by atoms with Gasteiger partial charge in [-0.2, -0.15) is 0 Å². The molecular weight excluding hydrogens is 332 g/mol. The Hall–Kier alpha value is -3.35. The van der Waals surface area contributed by atoms with Gasteiger partial charge >= 0.3 is 5.69 Å². The highest BCUT2D eigenvalue weighted by molar-refractivity contribution is 6.06. The molecule has 0 radical (unpaired) electrons. The second-order valence-electron chi connectivity index (χ2n) is 7.08. The van der Waals surface area contributed by atoms with Gasteiger partial charge in [0.25, 0.3) is 5.91 Å². The van der Waals surface area contributed by atoms with Crippen LogP contribution in [0.5, 0.6) is 0 Å². The first-order valence-corrected chi connectivity index (χ1v) is 8.17. The van der Waals surface area contributed by atoms with Crippen LogP contribution in [0.2, 0.25) is 0 Å². The van der Waals surface area contributed by atoms with Gasteiger partial charge in [-0.1, -0.05) is 26.8 Å². The third kappa shape index (κ3) is 3.83. The number of H-pyrrole nitrogens is 2. The molecule has 2 aromatic carbocycles. The molecule has 0 saturated carbocycles. The lowest BCUT2D eigenvalue weighted by molar-refractivity contribution is -0.123. The molecule has 1 aromatic heterocycles. The zero-order valence-electron chi connectivity index (χ0n) is 14.8. The SMILES string of the molecule is CC(C)(C)C(=O)Nc1cccc(C(=O)Nc2ccc3[nH]c(=O)[nH]c3c2)c1. The van der Waals surface area contributed by atoms with Crippen LogP contribution in [0.3, 0.4) is 0 Å². The molecule has 0 aliphatic heterocycles. The summed E-state index contributed by atoms with van der Waals surface area (Å²) in [7, 11) is 0. The van der Waals surface area contributed by atoms with E-state index in [9.17, 15) is 14.4 Å². The average Bonchev–Trinajstić information content (AvgIpc) is 2.93. The molecule has 0 spiro atoms. The molecule has 0 unspecified atom stereocenters. The van der Waals surface area contributed by atoms with Crippen molar-refractivity contribution in [1.29, 1.82) is 0 Å². The summed E-state index contributed by atoms with van der Waals surface area (Å²) in [5.41, 5.74) is 1.98. The number of aromatic amines is 2. The number of imidazole rings is 1. The predicted molar refractivity (Wildman–Crippen MR) is 101 cm³/mol. The minimum atomic E-state index is -0.527. The fourth-order valence-electron chi connectivity index (χ4n) is 2.37. The Kier molecular flexibility index (Phi) is 4.38. The zero-order chi connectivity index (χ0) is 18.9. The molecule has 0 aliphatic carbocycles. The lowest BCUT2D eigenvalue weighted by atomic mass is 9.95. The van der Waals surface area contributed by atoms with Gasteiger partial charge in [0.1, 0.15) is 0 Å². The summed E-state index contributed by atoms with van der Waals surface area (Å²) >= 11 is 0. The maximum atomic E-state index is 12.5. The Morgan fingerprint density at radius 2 is 1.58 bits per heavy atom. The first kappa shape index (κ1) is 17.5. The third-order valence-corrected chi connectivity index (χ3v) is 3.84. The Labute approximate surface area is 149 Å². The lowest BCUT2D eigenvalue weighted by Gasteiger charge is -2.18. The number of benzene rings is 2. The van der Waals surface area contributed by atoms with Crippen LogP contribution in [0.15, 0.2) is 47.3 Å². The fourth-order valence-corrected chi connectivity index (χ4v) is 2.37. The van der Waals surface area contributed by atoms with Gasteiger partial charge in [0.2, 0.25) is 5.91 Å². The minimum Gasteiger partial charge on any atom is -0.326 e. The van der Waals surface area contributed by atoms with E-state index < -0.39 is 5.41 Å². The Bertz CT molecular complexity index is 1040. The quantitative estimate of drug-likeness (QED) is 0.582. The second-order valence-corrected chi connectivity index (χ2v) is 7.08. The number of amides is 2. The van der Waals surface area contributed by atoms with E-state index in [0.717, 1.165) is 0 Å². The number of rotatable bonds is 3. The molecule has 1 heterocycles. The van der Waals surface area contributed by atoms with E-state index in [4.69, 9.17) is 0 Å². The molecule has 7 heteroatoms. The first-order valence-electron chi connectivity index (χ1n) is 8.17. The molecule has 134 valence electrons. The molecule has 3 aromatic rings. The molecule has 0 bridgehead atoms. The van der Waals surface area contributed by atoms with Crippen molar-refractivity contribution in [2.24, 2.45) is 5.41 Å². The molecule has 4 N–H and O–H groups in total. The van der Waals surface area contributed by atoms with Crippen molar-refractivity contribution in [2.45, 2.75) is 20.8 Å². The van der Waals surface area contributed by atoms with Crippen LogP contribution in [-0.4, -0.2) is 21.8 Å². The summed E-state index contributed by atoms with van der Waals surface area (Å²) in [5, 5.41) is 5.59. The third-order valence-electron chi connectivity index (χ3n) is 3.84. The van der Waals surface area contributed by atoms with Crippen LogP contribution in [0.1, 0.15) is 31.1 Å². The van der Waals surface area contributed by atoms with Crippen LogP contribution < -0.4 is 16.3 Å². The number of fused-ring (bicyclic) bond motifs is 1. The van der Waals surface area contributed by atoms with Gasteiger partial charge in [-0.25, -0.2) is 4.79 Å². The van der Waals surface area contributed by atoms with E-state index >= 15 is 0 Å². The first-order chi connectivity index (χ1) is 12.2. The van der Waals surface area contributed by atoms with Crippen molar-refractivity contribution < 1.29 is 9.59 Å². The highest BCUT2D eigenvalue weighted by Crippen LogP contribution is 2.19. The van der Waals surface area contributed by atoms with Crippen LogP contribution in [0.25, 0.3) is 11.0 Å². The molecule has 0 aliphatic rings. The van der Waals surface area contributed by atoms with E-state index in [-0.39, 0.29) is 17.5 Å². The minimum absolute atomic E-state index is 0.128. The van der Waals surface area contributed by atoms with Crippen molar-refractivity contribution in [1.82, 2.24) is 9.97 Å². The van der Waals surface area contributed by atoms with Gasteiger partial charge in [0.15, 0.2) is 0 Å². The van der Waals surface area contributed by atoms with Gasteiger partial charge in [0.05, 0.1) is 11.0 Å². The van der Waals surface area contributed by atoms with Gasteiger partial charge in [-0.3, -0.25) is 9.59 Å². The number of carbonyl (C=O) groups excluding carboxylic acids is 2. The topological polar surface area (TPSA) is 107 Å². The highest BCUT2D eigenvalue weighted by Gasteiger charge is 2.21. The van der Waals surface area contributed by atoms with Crippen molar-refractivity contribution in [3.63, 3.8) is 0 Å². The van der Waals surface area contributed by atoms with Crippen molar-refractivity contribution in [3.8, 4) is 0 Å². The number of carbonyl (C=O) groups is 2. The van der Waals surface area contributed by atoms with E-state index in [1.807, 2.05) is 20.8 Å². The largest absolute Gasteiger partial charge is 0.326 e. The zero-order valence-corrected chi connectivity index (χ0v) is 14.8. The summed E-state index contributed by atoms with van der Waals surface area (Å²) in [6.45, 7) is 5.46. The van der Waals surface area contributed by atoms with Crippen molar-refractivity contribution in [2.75, 3.05) is 10.6 Å². The summed E-state index contributed by atoms with van der Waals surface area (Å²) < 4.78 is 0. The molecule has 0 fully saturated rings. The van der Waals surface area contributed by atoms with Crippen LogP contribution in [-0.2, 0) is 4.79 Å². The van der Waals surface area contributed by atoms with E-state index in [1.165, 1.54) is 0 Å². The summed E-state index contributed by atoms with van der Waals surface area (Å²) in [5.74, 6) is -0.439. The molecule has 2 amide bonds. The van der Waals surface area contributed by atoms with E-state index in [0.29, 0.717) is 28.0 Å². The van der Waals surface area contributed by atoms with Gasteiger partial charge < -0.3 is 20.6 Å². The fraction of sp³-hybridized carbons (Fsp3) is 0.211. The van der Waals surface area contributed by atoms with Crippen LogP contribution in [0, 0.1) is 5.41 Å². The Morgan fingerprint density at radius 3 is 2.31 bits per heavy atom. The molecule has 26 heavy (non-hydrogen) atoms. The van der Waals surface area contributed by atoms with Crippen molar-refractivity contribution >= 4 is 34.2 Å².